The van der Waals surface area contributed by atoms with E-state index < -0.39 is 10.2 Å². The Morgan fingerprint density at radius 1 is 1.43 bits per heavy atom. The van der Waals surface area contributed by atoms with Gasteiger partial charge in [0.2, 0.25) is 0 Å². The highest BCUT2D eigenvalue weighted by atomic mass is 32.2. The lowest BCUT2D eigenvalue weighted by Crippen LogP contribution is -2.22. The fraction of sp³-hybridized carbons (Fsp3) is 0.143. The summed E-state index contributed by atoms with van der Waals surface area (Å²) in [5, 5.41) is 4.80. The first kappa shape index (κ1) is 10.6. The van der Waals surface area contributed by atoms with E-state index in [0.29, 0.717) is 11.4 Å². The maximum Gasteiger partial charge on any atom is 0.296 e. The molecule has 0 saturated heterocycles. The molecule has 0 fully saturated rings. The maximum absolute atomic E-state index is 10.7. The lowest BCUT2D eigenvalue weighted by atomic mass is 10.2. The van der Waals surface area contributed by atoms with Gasteiger partial charge in [0.05, 0.1) is 12.8 Å². The van der Waals surface area contributed by atoms with Crippen LogP contribution in [0.3, 0.4) is 0 Å². The van der Waals surface area contributed by atoms with Gasteiger partial charge in [-0.25, -0.2) is 5.14 Å². The lowest BCUT2D eigenvalue weighted by molar-refractivity contribution is 0.417. The van der Waals surface area contributed by atoms with Crippen molar-refractivity contribution < 1.29 is 13.2 Å². The van der Waals surface area contributed by atoms with Gasteiger partial charge in [-0.15, -0.1) is 0 Å². The molecule has 78 valence electrons. The molecule has 0 bridgehead atoms. The lowest BCUT2D eigenvalue weighted by Gasteiger charge is -2.09. The van der Waals surface area contributed by atoms with Crippen LogP contribution in [-0.2, 0) is 10.2 Å². The number of hydrogen-bond acceptors (Lipinski definition) is 4. The molecule has 5 N–H and O–H groups in total. The standard InChI is InChI=1S/C7H11N3O3S/c1-13-7-4-5(8)2-3-6(7)10-14(9,11)12/h2-4,10H,8H2,1H3,(H2,9,11,12). The Morgan fingerprint density at radius 3 is 2.57 bits per heavy atom. The molecule has 0 unspecified atom stereocenters. The van der Waals surface area contributed by atoms with Crippen LogP contribution in [0.2, 0.25) is 0 Å². The molecule has 0 aromatic heterocycles. The minimum atomic E-state index is -3.79. The number of benzene rings is 1. The molecule has 0 aliphatic carbocycles. The first-order valence-corrected chi connectivity index (χ1v) is 5.21. The molecule has 0 spiro atoms. The Bertz CT molecular complexity index is 430. The number of rotatable bonds is 3. The van der Waals surface area contributed by atoms with E-state index in [-0.39, 0.29) is 5.69 Å². The number of nitrogen functional groups attached to an aromatic ring is 1. The Kier molecular flexibility index (Phi) is 2.82. The summed E-state index contributed by atoms with van der Waals surface area (Å²) in [7, 11) is -2.39. The zero-order chi connectivity index (χ0) is 10.8. The average molecular weight is 217 g/mol. The van der Waals surface area contributed by atoms with Crippen LogP contribution in [0.4, 0.5) is 11.4 Å². The predicted octanol–water partition coefficient (Wildman–Crippen LogP) is -0.107. The molecule has 1 aromatic carbocycles. The third kappa shape index (κ3) is 2.79. The van der Waals surface area contributed by atoms with Crippen molar-refractivity contribution in [3.8, 4) is 5.75 Å². The van der Waals surface area contributed by atoms with Crippen molar-refractivity contribution in [3.05, 3.63) is 18.2 Å². The Labute approximate surface area is 82.0 Å². The number of ether oxygens (including phenoxy) is 1. The molecular weight excluding hydrogens is 206 g/mol. The van der Waals surface area contributed by atoms with Crippen molar-refractivity contribution >= 4 is 21.6 Å². The van der Waals surface area contributed by atoms with Gasteiger partial charge in [0, 0.05) is 11.8 Å². The highest BCUT2D eigenvalue weighted by molar-refractivity contribution is 7.90. The molecule has 0 heterocycles. The second kappa shape index (κ2) is 3.72. The van der Waals surface area contributed by atoms with Crippen LogP contribution in [0.25, 0.3) is 0 Å². The zero-order valence-electron chi connectivity index (χ0n) is 7.52. The van der Waals surface area contributed by atoms with E-state index in [4.69, 9.17) is 15.6 Å². The van der Waals surface area contributed by atoms with E-state index in [1.807, 2.05) is 0 Å². The monoisotopic (exact) mass is 217 g/mol. The Morgan fingerprint density at radius 2 is 2.07 bits per heavy atom. The number of nitrogens with one attached hydrogen (secondary N) is 1. The van der Waals surface area contributed by atoms with Crippen LogP contribution in [0, 0.1) is 0 Å². The van der Waals surface area contributed by atoms with Crippen molar-refractivity contribution in [2.45, 2.75) is 0 Å². The van der Waals surface area contributed by atoms with Gasteiger partial charge < -0.3 is 10.5 Å². The van der Waals surface area contributed by atoms with Gasteiger partial charge in [0.15, 0.2) is 0 Å². The number of nitrogens with two attached hydrogens (primary N) is 2. The first-order valence-electron chi connectivity index (χ1n) is 3.66. The number of anilines is 2. The van der Waals surface area contributed by atoms with Gasteiger partial charge in [-0.1, -0.05) is 0 Å². The molecule has 0 aliphatic rings. The third-order valence-corrected chi connectivity index (χ3v) is 1.98. The molecule has 0 aliphatic heterocycles. The SMILES string of the molecule is COc1cc(N)ccc1NS(N)(=O)=O. The van der Waals surface area contributed by atoms with E-state index in [1.165, 1.54) is 25.3 Å². The Balaban J connectivity index is 3.09. The molecule has 0 radical (unpaired) electrons. The Hall–Kier alpha value is -1.47. The fourth-order valence-corrected chi connectivity index (χ4v) is 1.42. The molecule has 1 rings (SSSR count). The molecule has 0 amide bonds. The van der Waals surface area contributed by atoms with E-state index in [0.717, 1.165) is 0 Å². The average Bonchev–Trinajstić information content (AvgIpc) is 2.06. The van der Waals surface area contributed by atoms with Crippen molar-refractivity contribution in [2.75, 3.05) is 17.6 Å². The van der Waals surface area contributed by atoms with Crippen LogP contribution < -0.4 is 20.3 Å². The van der Waals surface area contributed by atoms with Crippen LogP contribution in [0.1, 0.15) is 0 Å². The summed E-state index contributed by atoms with van der Waals surface area (Å²) in [5.41, 5.74) is 6.21. The third-order valence-electron chi connectivity index (χ3n) is 1.48. The van der Waals surface area contributed by atoms with Crippen LogP contribution >= 0.6 is 0 Å². The molecule has 0 atom stereocenters. The summed E-state index contributed by atoms with van der Waals surface area (Å²) >= 11 is 0. The largest absolute Gasteiger partial charge is 0.494 e. The molecule has 6 nitrogen and oxygen atoms in total. The summed E-state index contributed by atoms with van der Waals surface area (Å²) in [6, 6.07) is 4.50. The highest BCUT2D eigenvalue weighted by Gasteiger charge is 2.07. The first-order chi connectivity index (χ1) is 6.42. The number of hydrogen-bond donors (Lipinski definition) is 3. The van der Waals surface area contributed by atoms with Gasteiger partial charge in [0.25, 0.3) is 10.2 Å². The summed E-state index contributed by atoms with van der Waals surface area (Å²) in [6.45, 7) is 0. The molecule has 1 aromatic rings. The van der Waals surface area contributed by atoms with Crippen LogP contribution in [0.15, 0.2) is 18.2 Å². The number of methoxy groups -OCH3 is 1. The van der Waals surface area contributed by atoms with E-state index >= 15 is 0 Å². The minimum absolute atomic E-state index is 0.254. The van der Waals surface area contributed by atoms with Crippen LogP contribution in [-0.4, -0.2) is 15.5 Å². The molecular formula is C7H11N3O3S. The fourth-order valence-electron chi connectivity index (χ4n) is 0.945. The van der Waals surface area contributed by atoms with Gasteiger partial charge in [-0.3, -0.25) is 4.72 Å². The second-order valence-corrected chi connectivity index (χ2v) is 3.90. The quantitative estimate of drug-likeness (QED) is 0.614. The van der Waals surface area contributed by atoms with Crippen molar-refractivity contribution in [1.29, 1.82) is 0 Å². The molecule has 0 saturated carbocycles. The van der Waals surface area contributed by atoms with Crippen LogP contribution in [0.5, 0.6) is 5.75 Å². The molecule has 7 heteroatoms. The van der Waals surface area contributed by atoms with Gasteiger partial charge in [0.1, 0.15) is 5.75 Å². The predicted molar refractivity (Wildman–Crippen MR) is 54.1 cm³/mol. The van der Waals surface area contributed by atoms with Gasteiger partial charge in [-0.2, -0.15) is 8.42 Å². The van der Waals surface area contributed by atoms with Crippen molar-refractivity contribution in [1.82, 2.24) is 0 Å². The topological polar surface area (TPSA) is 107 Å². The van der Waals surface area contributed by atoms with Gasteiger partial charge in [-0.05, 0) is 12.1 Å². The van der Waals surface area contributed by atoms with E-state index in [2.05, 4.69) is 4.72 Å². The normalized spacial score (nSPS) is 11.0. The highest BCUT2D eigenvalue weighted by Crippen LogP contribution is 2.26. The zero-order valence-corrected chi connectivity index (χ0v) is 8.34. The van der Waals surface area contributed by atoms with Crippen molar-refractivity contribution in [2.24, 2.45) is 5.14 Å². The summed E-state index contributed by atoms with van der Waals surface area (Å²) < 4.78 is 28.5. The van der Waals surface area contributed by atoms with E-state index in [1.54, 1.807) is 0 Å². The minimum Gasteiger partial charge on any atom is -0.494 e. The summed E-state index contributed by atoms with van der Waals surface area (Å²) in [6.07, 6.45) is 0. The summed E-state index contributed by atoms with van der Waals surface area (Å²) in [5.74, 6) is 0.319. The van der Waals surface area contributed by atoms with E-state index in [9.17, 15) is 8.42 Å². The van der Waals surface area contributed by atoms with Gasteiger partial charge >= 0.3 is 0 Å². The molecule has 14 heavy (non-hydrogen) atoms. The maximum atomic E-state index is 10.7. The summed E-state index contributed by atoms with van der Waals surface area (Å²) in [4.78, 5) is 0. The second-order valence-electron chi connectivity index (χ2n) is 2.61. The smallest absolute Gasteiger partial charge is 0.296 e. The van der Waals surface area contributed by atoms with Crippen molar-refractivity contribution in [3.63, 3.8) is 0 Å².